The number of aromatic hydroxyl groups is 2. The minimum absolute atomic E-state index is 0.0368. The SMILES string of the molecule is CCOC(=O)c1ccc2[nH]c3c(c2c1)-c1c(c(O)n(Cc2ccccc2)c1O)CC3. The van der Waals surface area contributed by atoms with E-state index >= 15 is 0 Å². The zero-order chi connectivity index (χ0) is 20.8. The van der Waals surface area contributed by atoms with Crippen LogP contribution in [0.25, 0.3) is 22.0 Å². The van der Waals surface area contributed by atoms with E-state index in [1.165, 1.54) is 0 Å². The Labute approximate surface area is 173 Å². The lowest BCUT2D eigenvalue weighted by Crippen LogP contribution is -2.04. The molecule has 6 nitrogen and oxygen atoms in total. The quantitative estimate of drug-likeness (QED) is 0.442. The Balaban J connectivity index is 1.67. The van der Waals surface area contributed by atoms with Gasteiger partial charge in [0.15, 0.2) is 5.88 Å². The van der Waals surface area contributed by atoms with Crippen molar-refractivity contribution in [3.8, 4) is 22.9 Å². The van der Waals surface area contributed by atoms with Crippen molar-refractivity contribution in [3.05, 3.63) is 70.9 Å². The zero-order valence-corrected chi connectivity index (χ0v) is 16.6. The number of carbonyl (C=O) groups excluding carboxylic acids is 1. The second-order valence-corrected chi connectivity index (χ2v) is 7.53. The number of aromatic amines is 1. The normalized spacial score (nSPS) is 12.6. The first-order valence-corrected chi connectivity index (χ1v) is 10.1. The molecule has 152 valence electrons. The van der Waals surface area contributed by atoms with Gasteiger partial charge in [0.1, 0.15) is 0 Å². The summed E-state index contributed by atoms with van der Waals surface area (Å²) in [4.78, 5) is 15.6. The molecule has 0 radical (unpaired) electrons. The number of H-pyrrole nitrogens is 1. The van der Waals surface area contributed by atoms with Crippen molar-refractivity contribution in [1.82, 2.24) is 9.55 Å². The highest BCUT2D eigenvalue weighted by Crippen LogP contribution is 2.49. The molecule has 0 atom stereocenters. The highest BCUT2D eigenvalue weighted by atomic mass is 16.5. The number of aryl methyl sites for hydroxylation is 1. The fourth-order valence-electron chi connectivity index (χ4n) is 4.37. The fraction of sp³-hybridized carbons (Fsp3) is 0.208. The third-order valence-corrected chi connectivity index (χ3v) is 5.75. The van der Waals surface area contributed by atoms with Crippen LogP contribution in [-0.2, 0) is 24.1 Å². The van der Waals surface area contributed by atoms with E-state index < -0.39 is 0 Å². The van der Waals surface area contributed by atoms with Crippen molar-refractivity contribution in [2.24, 2.45) is 0 Å². The van der Waals surface area contributed by atoms with E-state index in [4.69, 9.17) is 4.74 Å². The number of nitrogens with one attached hydrogen (secondary N) is 1. The Kier molecular flexibility index (Phi) is 4.28. The summed E-state index contributed by atoms with van der Waals surface area (Å²) >= 11 is 0. The molecular formula is C24H22N2O4. The molecule has 0 spiro atoms. The Bertz CT molecular complexity index is 1270. The van der Waals surface area contributed by atoms with Crippen molar-refractivity contribution < 1.29 is 19.7 Å². The van der Waals surface area contributed by atoms with E-state index in [1.807, 2.05) is 36.4 Å². The van der Waals surface area contributed by atoms with Crippen LogP contribution in [0.2, 0.25) is 0 Å². The van der Waals surface area contributed by atoms with Crippen molar-refractivity contribution in [2.75, 3.05) is 6.61 Å². The van der Waals surface area contributed by atoms with Gasteiger partial charge < -0.3 is 19.9 Å². The number of benzene rings is 2. The van der Waals surface area contributed by atoms with Crippen molar-refractivity contribution >= 4 is 16.9 Å². The predicted octanol–water partition coefficient (Wildman–Crippen LogP) is 4.37. The highest BCUT2D eigenvalue weighted by Gasteiger charge is 2.31. The molecule has 6 heteroatoms. The predicted molar refractivity (Wildman–Crippen MR) is 114 cm³/mol. The summed E-state index contributed by atoms with van der Waals surface area (Å²) in [5, 5.41) is 22.8. The summed E-state index contributed by atoms with van der Waals surface area (Å²) < 4.78 is 6.68. The number of fused-ring (bicyclic) bond motifs is 5. The molecule has 1 aliphatic carbocycles. The Hall–Kier alpha value is -3.67. The van der Waals surface area contributed by atoms with Gasteiger partial charge >= 0.3 is 5.97 Å². The Morgan fingerprint density at radius 2 is 1.87 bits per heavy atom. The van der Waals surface area contributed by atoms with Gasteiger partial charge in [-0.25, -0.2) is 4.79 Å². The van der Waals surface area contributed by atoms with E-state index in [1.54, 1.807) is 23.6 Å². The van der Waals surface area contributed by atoms with Crippen molar-refractivity contribution in [2.45, 2.75) is 26.3 Å². The molecule has 0 saturated carbocycles. The number of ether oxygens (including phenoxy) is 1. The summed E-state index contributed by atoms with van der Waals surface area (Å²) in [5.74, 6) is -0.248. The molecule has 1 aliphatic rings. The van der Waals surface area contributed by atoms with Crippen LogP contribution in [-0.4, -0.2) is 32.3 Å². The van der Waals surface area contributed by atoms with Gasteiger partial charge in [0.05, 0.1) is 24.3 Å². The van der Waals surface area contributed by atoms with Gasteiger partial charge in [0, 0.05) is 27.7 Å². The summed E-state index contributed by atoms with van der Waals surface area (Å²) in [7, 11) is 0. The summed E-state index contributed by atoms with van der Waals surface area (Å²) in [6.45, 7) is 2.46. The van der Waals surface area contributed by atoms with Crippen LogP contribution in [0.4, 0.5) is 0 Å². The first-order chi connectivity index (χ1) is 14.6. The van der Waals surface area contributed by atoms with Crippen molar-refractivity contribution in [1.29, 1.82) is 0 Å². The standard InChI is InChI=1S/C24H22N2O4/c1-2-30-24(29)15-8-10-18-17(12-15)20-19(25-18)11-9-16-21(20)23(28)26(22(16)27)13-14-6-4-3-5-7-14/h3-8,10,12,25,27-28H,2,9,11,13H2,1H3. The van der Waals surface area contributed by atoms with Crippen LogP contribution in [0, 0.1) is 0 Å². The molecule has 0 unspecified atom stereocenters. The molecule has 4 aromatic rings. The molecular weight excluding hydrogens is 380 g/mol. The monoisotopic (exact) mass is 402 g/mol. The number of hydrogen-bond acceptors (Lipinski definition) is 4. The van der Waals surface area contributed by atoms with Gasteiger partial charge in [-0.2, -0.15) is 0 Å². The number of carbonyl (C=O) groups is 1. The third-order valence-electron chi connectivity index (χ3n) is 5.75. The fourth-order valence-corrected chi connectivity index (χ4v) is 4.37. The molecule has 3 N–H and O–H groups in total. The Morgan fingerprint density at radius 1 is 1.07 bits per heavy atom. The van der Waals surface area contributed by atoms with Crippen LogP contribution in [0.3, 0.4) is 0 Å². The summed E-state index contributed by atoms with van der Waals surface area (Å²) in [5.41, 5.74) is 5.54. The maximum Gasteiger partial charge on any atom is 0.338 e. The average Bonchev–Trinajstić information content (AvgIpc) is 3.24. The lowest BCUT2D eigenvalue weighted by molar-refractivity contribution is 0.0526. The number of rotatable bonds is 4. The lowest BCUT2D eigenvalue weighted by Gasteiger charge is -2.13. The van der Waals surface area contributed by atoms with Crippen LogP contribution in [0.1, 0.15) is 34.1 Å². The average molecular weight is 402 g/mol. The molecule has 2 aromatic carbocycles. The van der Waals surface area contributed by atoms with Crippen molar-refractivity contribution in [3.63, 3.8) is 0 Å². The van der Waals surface area contributed by atoms with Crippen LogP contribution >= 0.6 is 0 Å². The van der Waals surface area contributed by atoms with Gasteiger partial charge in [-0.15, -0.1) is 0 Å². The largest absolute Gasteiger partial charge is 0.494 e. The third kappa shape index (κ3) is 2.76. The number of hydrogen-bond donors (Lipinski definition) is 3. The number of esters is 1. The van der Waals surface area contributed by atoms with E-state index in [-0.39, 0.29) is 17.7 Å². The molecule has 0 amide bonds. The maximum absolute atomic E-state index is 12.2. The van der Waals surface area contributed by atoms with E-state index in [0.29, 0.717) is 37.1 Å². The summed E-state index contributed by atoms with van der Waals surface area (Å²) in [6.07, 6.45) is 1.34. The molecule has 0 saturated heterocycles. The smallest absolute Gasteiger partial charge is 0.338 e. The second-order valence-electron chi connectivity index (χ2n) is 7.53. The van der Waals surface area contributed by atoms with Crippen LogP contribution in [0.5, 0.6) is 11.8 Å². The summed E-state index contributed by atoms with van der Waals surface area (Å²) in [6, 6.07) is 15.1. The molecule has 0 fully saturated rings. The number of nitrogens with zero attached hydrogens (tertiary/aromatic N) is 1. The molecule has 5 rings (SSSR count). The van der Waals surface area contributed by atoms with E-state index in [9.17, 15) is 15.0 Å². The second kappa shape index (κ2) is 6.99. The molecule has 30 heavy (non-hydrogen) atoms. The van der Waals surface area contributed by atoms with Crippen LogP contribution in [0.15, 0.2) is 48.5 Å². The number of aromatic nitrogens is 2. The topological polar surface area (TPSA) is 87.5 Å². The lowest BCUT2D eigenvalue weighted by atomic mass is 9.90. The van der Waals surface area contributed by atoms with Gasteiger partial charge in [0.2, 0.25) is 5.88 Å². The zero-order valence-electron chi connectivity index (χ0n) is 16.6. The first-order valence-electron chi connectivity index (χ1n) is 10.1. The Morgan fingerprint density at radius 3 is 2.63 bits per heavy atom. The van der Waals surface area contributed by atoms with E-state index in [0.717, 1.165) is 33.3 Å². The first kappa shape index (κ1) is 18.4. The van der Waals surface area contributed by atoms with Gasteiger partial charge in [-0.1, -0.05) is 30.3 Å². The minimum atomic E-state index is -0.376. The van der Waals surface area contributed by atoms with Gasteiger partial charge in [-0.3, -0.25) is 4.57 Å². The van der Waals surface area contributed by atoms with Gasteiger partial charge in [-0.05, 0) is 43.5 Å². The molecule has 0 bridgehead atoms. The maximum atomic E-state index is 12.2. The van der Waals surface area contributed by atoms with Crippen LogP contribution < -0.4 is 0 Å². The molecule has 0 aliphatic heterocycles. The molecule has 2 aromatic heterocycles. The highest BCUT2D eigenvalue weighted by molar-refractivity contribution is 6.04. The molecule has 2 heterocycles. The minimum Gasteiger partial charge on any atom is -0.494 e. The van der Waals surface area contributed by atoms with Gasteiger partial charge in [0.25, 0.3) is 0 Å². The van der Waals surface area contributed by atoms with E-state index in [2.05, 4.69) is 4.98 Å².